The Labute approximate surface area is 67.6 Å². The summed E-state index contributed by atoms with van der Waals surface area (Å²) < 4.78 is 4.85. The molecule has 62 valence electrons. The van der Waals surface area contributed by atoms with E-state index in [1.165, 1.54) is 0 Å². The zero-order valence-electron chi connectivity index (χ0n) is 7.31. The van der Waals surface area contributed by atoms with E-state index in [1.807, 2.05) is 13.8 Å². The Hall–Kier alpha value is -1.01. The number of hydrogen-bond donors (Lipinski definition) is 0. The quantitative estimate of drug-likeness (QED) is 0.353. The fraction of sp³-hybridized carbons (Fsp3) is 0.556. The SMILES string of the molecule is CC=C=C(C)C(=O)OCCC. The van der Waals surface area contributed by atoms with Crippen LogP contribution in [0.15, 0.2) is 17.4 Å². The molecule has 0 bridgehead atoms. The van der Waals surface area contributed by atoms with Gasteiger partial charge in [0.15, 0.2) is 0 Å². The van der Waals surface area contributed by atoms with Gasteiger partial charge < -0.3 is 4.74 Å². The van der Waals surface area contributed by atoms with Gasteiger partial charge in [0.1, 0.15) is 0 Å². The smallest absolute Gasteiger partial charge is 0.341 e. The van der Waals surface area contributed by atoms with Crippen LogP contribution in [-0.4, -0.2) is 12.6 Å². The summed E-state index contributed by atoms with van der Waals surface area (Å²) in [6.07, 6.45) is 2.55. The van der Waals surface area contributed by atoms with Crippen LogP contribution in [0.5, 0.6) is 0 Å². The fourth-order valence-corrected chi connectivity index (χ4v) is 0.578. The molecule has 11 heavy (non-hydrogen) atoms. The molecule has 0 heterocycles. The van der Waals surface area contributed by atoms with Gasteiger partial charge >= 0.3 is 5.97 Å². The molecule has 0 unspecified atom stereocenters. The Morgan fingerprint density at radius 1 is 1.64 bits per heavy atom. The van der Waals surface area contributed by atoms with Crippen molar-refractivity contribution in [2.45, 2.75) is 27.2 Å². The van der Waals surface area contributed by atoms with Crippen molar-refractivity contribution in [3.05, 3.63) is 17.4 Å². The summed E-state index contributed by atoms with van der Waals surface area (Å²) in [5, 5.41) is 0. The molecule has 0 fully saturated rings. The number of rotatable bonds is 3. The highest BCUT2D eigenvalue weighted by Gasteiger charge is 2.02. The molecule has 0 aliphatic rings. The molecule has 0 aromatic carbocycles. The molecule has 0 aromatic rings. The molecular weight excluding hydrogens is 140 g/mol. The van der Waals surface area contributed by atoms with E-state index in [1.54, 1.807) is 13.0 Å². The lowest BCUT2D eigenvalue weighted by molar-refractivity contribution is -0.138. The van der Waals surface area contributed by atoms with Gasteiger partial charge in [-0.1, -0.05) is 6.92 Å². The van der Waals surface area contributed by atoms with Crippen molar-refractivity contribution in [2.75, 3.05) is 6.61 Å². The molecule has 0 aromatic heterocycles. The number of ether oxygens (including phenoxy) is 1. The first-order chi connectivity index (χ1) is 5.22. The second-order valence-electron chi connectivity index (χ2n) is 2.19. The lowest BCUT2D eigenvalue weighted by atomic mass is 10.3. The van der Waals surface area contributed by atoms with Gasteiger partial charge in [0.25, 0.3) is 0 Å². The maximum atomic E-state index is 11.0. The van der Waals surface area contributed by atoms with Gasteiger partial charge in [-0.2, -0.15) is 0 Å². The van der Waals surface area contributed by atoms with Gasteiger partial charge in [0, 0.05) is 0 Å². The highest BCUT2D eigenvalue weighted by molar-refractivity contribution is 5.87. The van der Waals surface area contributed by atoms with E-state index in [9.17, 15) is 4.79 Å². The molecule has 0 rings (SSSR count). The van der Waals surface area contributed by atoms with E-state index in [0.29, 0.717) is 12.2 Å². The van der Waals surface area contributed by atoms with E-state index in [0.717, 1.165) is 6.42 Å². The van der Waals surface area contributed by atoms with Crippen molar-refractivity contribution in [2.24, 2.45) is 0 Å². The first-order valence-corrected chi connectivity index (χ1v) is 3.77. The lowest BCUT2D eigenvalue weighted by Gasteiger charge is -1.99. The first kappa shape index (κ1) is 9.99. The van der Waals surface area contributed by atoms with E-state index >= 15 is 0 Å². The largest absolute Gasteiger partial charge is 0.462 e. The van der Waals surface area contributed by atoms with Crippen molar-refractivity contribution < 1.29 is 9.53 Å². The van der Waals surface area contributed by atoms with Crippen LogP contribution in [0, 0.1) is 0 Å². The number of hydrogen-bond acceptors (Lipinski definition) is 2. The third kappa shape index (κ3) is 4.40. The van der Waals surface area contributed by atoms with Crippen molar-refractivity contribution >= 4 is 5.97 Å². The van der Waals surface area contributed by atoms with Crippen LogP contribution in [0.3, 0.4) is 0 Å². The predicted octanol–water partition coefficient (Wildman–Crippen LogP) is 2.06. The average Bonchev–Trinajstić information content (AvgIpc) is 2.00. The summed E-state index contributed by atoms with van der Waals surface area (Å²) in [7, 11) is 0. The van der Waals surface area contributed by atoms with Crippen LogP contribution in [0.1, 0.15) is 27.2 Å². The van der Waals surface area contributed by atoms with Crippen LogP contribution in [-0.2, 0) is 9.53 Å². The molecule has 0 amide bonds. The standard InChI is InChI=1S/C9H14O2/c1-4-6-8(3)9(10)11-7-5-2/h4H,5,7H2,1-3H3. The van der Waals surface area contributed by atoms with E-state index < -0.39 is 0 Å². The maximum Gasteiger partial charge on any atom is 0.341 e. The molecule has 0 saturated carbocycles. The van der Waals surface area contributed by atoms with Crippen LogP contribution in [0.25, 0.3) is 0 Å². The Morgan fingerprint density at radius 2 is 2.27 bits per heavy atom. The zero-order chi connectivity index (χ0) is 8.69. The Kier molecular flexibility index (Phi) is 5.22. The van der Waals surface area contributed by atoms with Gasteiger partial charge in [-0.05, 0) is 26.3 Å². The zero-order valence-corrected chi connectivity index (χ0v) is 7.31. The van der Waals surface area contributed by atoms with Crippen molar-refractivity contribution in [1.29, 1.82) is 0 Å². The van der Waals surface area contributed by atoms with E-state index in [4.69, 9.17) is 4.74 Å². The molecule has 0 N–H and O–H groups in total. The van der Waals surface area contributed by atoms with E-state index in [-0.39, 0.29) is 5.97 Å². The molecule has 0 saturated heterocycles. The predicted molar refractivity (Wildman–Crippen MR) is 44.2 cm³/mol. The highest BCUT2D eigenvalue weighted by Crippen LogP contribution is 1.94. The Bertz CT molecular complexity index is 186. The van der Waals surface area contributed by atoms with Crippen LogP contribution in [0.2, 0.25) is 0 Å². The van der Waals surface area contributed by atoms with Crippen molar-refractivity contribution in [3.8, 4) is 0 Å². The van der Waals surface area contributed by atoms with E-state index in [2.05, 4.69) is 5.73 Å². The number of carbonyl (C=O) groups excluding carboxylic acids is 1. The topological polar surface area (TPSA) is 26.3 Å². The fourth-order valence-electron chi connectivity index (χ4n) is 0.578. The monoisotopic (exact) mass is 154 g/mol. The third-order valence-corrected chi connectivity index (χ3v) is 1.10. The van der Waals surface area contributed by atoms with Gasteiger partial charge in [-0.15, -0.1) is 5.73 Å². The van der Waals surface area contributed by atoms with Gasteiger partial charge in [-0.25, -0.2) is 4.79 Å². The molecule has 0 aliphatic heterocycles. The van der Waals surface area contributed by atoms with Gasteiger partial charge in [0.2, 0.25) is 0 Å². The second-order valence-corrected chi connectivity index (χ2v) is 2.19. The summed E-state index contributed by atoms with van der Waals surface area (Å²) in [6, 6.07) is 0. The number of esters is 1. The molecule has 0 atom stereocenters. The minimum absolute atomic E-state index is 0.273. The minimum atomic E-state index is -0.273. The summed E-state index contributed by atoms with van der Waals surface area (Å²) in [4.78, 5) is 11.0. The minimum Gasteiger partial charge on any atom is -0.462 e. The highest BCUT2D eigenvalue weighted by atomic mass is 16.5. The normalized spacial score (nSPS) is 8.27. The molecule has 0 radical (unpaired) electrons. The first-order valence-electron chi connectivity index (χ1n) is 3.77. The molecular formula is C9H14O2. The molecule has 0 spiro atoms. The van der Waals surface area contributed by atoms with Crippen LogP contribution in [0.4, 0.5) is 0 Å². The maximum absolute atomic E-state index is 11.0. The van der Waals surface area contributed by atoms with Crippen molar-refractivity contribution in [1.82, 2.24) is 0 Å². The van der Waals surface area contributed by atoms with Crippen LogP contribution >= 0.6 is 0 Å². The average molecular weight is 154 g/mol. The lowest BCUT2D eigenvalue weighted by Crippen LogP contribution is -2.05. The Morgan fingerprint density at radius 3 is 2.73 bits per heavy atom. The molecule has 0 aliphatic carbocycles. The summed E-state index contributed by atoms with van der Waals surface area (Å²) in [5.41, 5.74) is 3.30. The summed E-state index contributed by atoms with van der Waals surface area (Å²) >= 11 is 0. The molecule has 2 heteroatoms. The van der Waals surface area contributed by atoms with Gasteiger partial charge in [-0.3, -0.25) is 0 Å². The Balaban J connectivity index is 3.94. The van der Waals surface area contributed by atoms with Crippen molar-refractivity contribution in [3.63, 3.8) is 0 Å². The third-order valence-electron chi connectivity index (χ3n) is 1.10. The summed E-state index contributed by atoms with van der Waals surface area (Å²) in [6.45, 7) is 5.96. The summed E-state index contributed by atoms with van der Waals surface area (Å²) in [5.74, 6) is -0.273. The van der Waals surface area contributed by atoms with Gasteiger partial charge in [0.05, 0.1) is 12.2 Å². The van der Waals surface area contributed by atoms with Crippen LogP contribution < -0.4 is 0 Å². The number of carbonyl (C=O) groups is 1. The second kappa shape index (κ2) is 5.75. The molecule has 2 nitrogen and oxygen atoms in total.